The molecule has 0 aromatic heterocycles. The first-order chi connectivity index (χ1) is 12.5. The van der Waals surface area contributed by atoms with Gasteiger partial charge < -0.3 is 0 Å². The summed E-state index contributed by atoms with van der Waals surface area (Å²) in [5, 5.41) is 0. The molecular formula is C26H26. The van der Waals surface area contributed by atoms with Gasteiger partial charge in [-0.15, -0.1) is 0 Å². The van der Waals surface area contributed by atoms with Crippen molar-refractivity contribution in [2.45, 2.75) is 27.2 Å². The zero-order valence-corrected chi connectivity index (χ0v) is 16.0. The zero-order valence-electron chi connectivity index (χ0n) is 16.0. The van der Waals surface area contributed by atoms with Gasteiger partial charge in [0.25, 0.3) is 0 Å². The molecule has 0 fully saturated rings. The van der Waals surface area contributed by atoms with Crippen LogP contribution in [0.5, 0.6) is 0 Å². The molecule has 0 atom stereocenters. The molecule has 0 unspecified atom stereocenters. The highest BCUT2D eigenvalue weighted by Gasteiger charge is 2.11. The molecule has 0 heteroatoms. The number of rotatable bonds is 5. The van der Waals surface area contributed by atoms with Crippen LogP contribution in [0.25, 0.3) is 16.7 Å². The molecule has 0 bridgehead atoms. The molecule has 0 heterocycles. The average Bonchev–Trinajstić information content (AvgIpc) is 3.17. The van der Waals surface area contributed by atoms with Crippen molar-refractivity contribution in [1.82, 2.24) is 0 Å². The largest absolute Gasteiger partial charge is 0.0984 e. The molecule has 0 amide bonds. The van der Waals surface area contributed by atoms with Crippen LogP contribution in [0.3, 0.4) is 0 Å². The van der Waals surface area contributed by atoms with E-state index in [1.165, 1.54) is 39.0 Å². The van der Waals surface area contributed by atoms with E-state index in [4.69, 9.17) is 0 Å². The van der Waals surface area contributed by atoms with Crippen LogP contribution in [0.1, 0.15) is 28.7 Å². The summed E-state index contributed by atoms with van der Waals surface area (Å²) in [6, 6.07) is 13.1. The Labute approximate surface area is 157 Å². The minimum absolute atomic E-state index is 0.959. The van der Waals surface area contributed by atoms with E-state index < -0.39 is 0 Å². The van der Waals surface area contributed by atoms with Crippen molar-refractivity contribution < 1.29 is 0 Å². The third-order valence-corrected chi connectivity index (χ3v) is 5.17. The molecule has 0 N–H and O–H groups in total. The Bertz CT molecular complexity index is 962. The number of benzene rings is 2. The van der Waals surface area contributed by atoms with Gasteiger partial charge in [0.15, 0.2) is 0 Å². The molecule has 1 aliphatic carbocycles. The number of allylic oxidation sites excluding steroid dienone is 8. The van der Waals surface area contributed by atoms with Gasteiger partial charge in [0.1, 0.15) is 0 Å². The van der Waals surface area contributed by atoms with Crippen LogP contribution in [-0.4, -0.2) is 0 Å². The van der Waals surface area contributed by atoms with Crippen molar-refractivity contribution in [2.24, 2.45) is 0 Å². The van der Waals surface area contributed by atoms with Crippen molar-refractivity contribution in [3.8, 4) is 11.1 Å². The van der Waals surface area contributed by atoms with Crippen molar-refractivity contribution in [3.05, 3.63) is 113 Å². The highest BCUT2D eigenvalue weighted by Crippen LogP contribution is 2.33. The maximum Gasteiger partial charge on any atom is -0.00886 e. The predicted octanol–water partition coefficient (Wildman–Crippen LogP) is 7.29. The van der Waals surface area contributed by atoms with E-state index >= 15 is 0 Å². The SMILES string of the molecule is C=C/C(=C\C(=C)C1=CC=CC1)c1cc(C)c(C)c(-c2ccccc2C)c1. The highest BCUT2D eigenvalue weighted by molar-refractivity contribution is 5.82. The first-order valence-corrected chi connectivity index (χ1v) is 9.08. The van der Waals surface area contributed by atoms with Crippen LogP contribution in [-0.2, 0) is 0 Å². The summed E-state index contributed by atoms with van der Waals surface area (Å²) in [5.74, 6) is 0. The Morgan fingerprint density at radius 3 is 2.42 bits per heavy atom. The average molecular weight is 338 g/mol. The fourth-order valence-corrected chi connectivity index (χ4v) is 3.41. The third kappa shape index (κ3) is 3.55. The fraction of sp³-hybridized carbons (Fsp3) is 0.154. The van der Waals surface area contributed by atoms with E-state index in [0.717, 1.165) is 17.6 Å². The lowest BCUT2D eigenvalue weighted by Gasteiger charge is -2.15. The van der Waals surface area contributed by atoms with Gasteiger partial charge in [0.05, 0.1) is 0 Å². The standard InChI is InChI=1S/C26H26/c1-6-22(16-20(4)23-12-8-9-13-23)24-15-19(3)21(5)26(17-24)25-14-10-7-11-18(25)2/h6-12,14-17H,1,4,13H2,2-3,5H3/b22-16+. The Hall–Kier alpha value is -2.86. The van der Waals surface area contributed by atoms with Gasteiger partial charge in [-0.05, 0) is 89.4 Å². The Morgan fingerprint density at radius 2 is 1.77 bits per heavy atom. The van der Waals surface area contributed by atoms with Crippen LogP contribution in [0, 0.1) is 20.8 Å². The molecule has 130 valence electrons. The maximum absolute atomic E-state index is 4.25. The van der Waals surface area contributed by atoms with Gasteiger partial charge in [-0.2, -0.15) is 0 Å². The maximum atomic E-state index is 4.25. The van der Waals surface area contributed by atoms with E-state index in [2.05, 4.69) is 94.6 Å². The summed E-state index contributed by atoms with van der Waals surface area (Å²) in [6.07, 6.45) is 11.4. The van der Waals surface area contributed by atoms with Gasteiger partial charge in [0, 0.05) is 0 Å². The Morgan fingerprint density at radius 1 is 1.00 bits per heavy atom. The second kappa shape index (κ2) is 7.58. The normalized spacial score (nSPS) is 13.7. The lowest BCUT2D eigenvalue weighted by atomic mass is 9.89. The second-order valence-electron chi connectivity index (χ2n) is 6.93. The topological polar surface area (TPSA) is 0 Å². The van der Waals surface area contributed by atoms with E-state index in [-0.39, 0.29) is 0 Å². The molecule has 0 radical (unpaired) electrons. The summed E-state index contributed by atoms with van der Waals surface area (Å²) in [4.78, 5) is 0. The smallest absolute Gasteiger partial charge is 0.00886 e. The van der Waals surface area contributed by atoms with Gasteiger partial charge in [-0.3, -0.25) is 0 Å². The molecule has 2 aromatic carbocycles. The Kier molecular flexibility index (Phi) is 5.23. The van der Waals surface area contributed by atoms with Crippen molar-refractivity contribution in [2.75, 3.05) is 0 Å². The summed E-state index contributed by atoms with van der Waals surface area (Å²) in [7, 11) is 0. The fourth-order valence-electron chi connectivity index (χ4n) is 3.41. The van der Waals surface area contributed by atoms with Gasteiger partial charge in [-0.25, -0.2) is 0 Å². The van der Waals surface area contributed by atoms with Gasteiger partial charge in [-0.1, -0.05) is 67.8 Å². The van der Waals surface area contributed by atoms with E-state index in [1.54, 1.807) is 0 Å². The van der Waals surface area contributed by atoms with Crippen LogP contribution in [0.4, 0.5) is 0 Å². The van der Waals surface area contributed by atoms with E-state index in [0.29, 0.717) is 0 Å². The van der Waals surface area contributed by atoms with Crippen LogP contribution < -0.4 is 0 Å². The van der Waals surface area contributed by atoms with Crippen molar-refractivity contribution in [3.63, 3.8) is 0 Å². The molecule has 0 nitrogen and oxygen atoms in total. The van der Waals surface area contributed by atoms with Crippen LogP contribution >= 0.6 is 0 Å². The van der Waals surface area contributed by atoms with Crippen LogP contribution in [0.15, 0.2) is 91.1 Å². The minimum Gasteiger partial charge on any atom is -0.0984 e. The molecule has 1 aliphatic rings. The summed E-state index contributed by atoms with van der Waals surface area (Å²) >= 11 is 0. The molecule has 3 rings (SSSR count). The van der Waals surface area contributed by atoms with Gasteiger partial charge in [0.2, 0.25) is 0 Å². The molecule has 26 heavy (non-hydrogen) atoms. The first kappa shape index (κ1) is 17.9. The van der Waals surface area contributed by atoms with E-state index in [1.807, 2.05) is 6.08 Å². The lowest BCUT2D eigenvalue weighted by Crippen LogP contribution is -1.94. The zero-order chi connectivity index (χ0) is 18.7. The summed E-state index contributed by atoms with van der Waals surface area (Å²) in [6.45, 7) is 14.8. The minimum atomic E-state index is 0.959. The molecular weight excluding hydrogens is 312 g/mol. The van der Waals surface area contributed by atoms with Gasteiger partial charge >= 0.3 is 0 Å². The number of aryl methyl sites for hydroxylation is 2. The number of hydrogen-bond acceptors (Lipinski definition) is 0. The second-order valence-corrected chi connectivity index (χ2v) is 6.93. The highest BCUT2D eigenvalue weighted by atomic mass is 14.2. The molecule has 0 saturated heterocycles. The van der Waals surface area contributed by atoms with E-state index in [9.17, 15) is 0 Å². The monoisotopic (exact) mass is 338 g/mol. The molecule has 2 aromatic rings. The van der Waals surface area contributed by atoms with Crippen LogP contribution in [0.2, 0.25) is 0 Å². The van der Waals surface area contributed by atoms with Crippen molar-refractivity contribution in [1.29, 1.82) is 0 Å². The molecule has 0 spiro atoms. The Balaban J connectivity index is 2.08. The number of hydrogen-bond donors (Lipinski definition) is 0. The lowest BCUT2D eigenvalue weighted by molar-refractivity contribution is 1.29. The third-order valence-electron chi connectivity index (χ3n) is 5.17. The summed E-state index contributed by atoms with van der Waals surface area (Å²) < 4.78 is 0. The quantitative estimate of drug-likeness (QED) is 0.502. The van der Waals surface area contributed by atoms with Crippen molar-refractivity contribution >= 4 is 5.57 Å². The first-order valence-electron chi connectivity index (χ1n) is 9.08. The molecule has 0 aliphatic heterocycles. The predicted molar refractivity (Wildman–Crippen MR) is 115 cm³/mol. The molecule has 0 saturated carbocycles. The summed E-state index contributed by atoms with van der Waals surface area (Å²) in [5.41, 5.74) is 11.1.